The number of rotatable bonds is 6. The maximum absolute atomic E-state index is 13.4. The molecule has 1 saturated heterocycles. The summed E-state index contributed by atoms with van der Waals surface area (Å²) in [7, 11) is 3.07. The van der Waals surface area contributed by atoms with Crippen LogP contribution in [0.4, 0.5) is 4.79 Å². The first kappa shape index (κ1) is 20.8. The molecular formula is C20H19BrN6O4. The summed E-state index contributed by atoms with van der Waals surface area (Å²) in [5, 5.41) is 13.9. The normalized spacial score (nSPS) is 18.3. The fraction of sp³-hybridized carbons (Fsp3) is 0.250. The molecule has 31 heavy (non-hydrogen) atoms. The highest BCUT2D eigenvalue weighted by atomic mass is 79.9. The Morgan fingerprint density at radius 2 is 1.90 bits per heavy atom. The van der Waals surface area contributed by atoms with Crippen LogP contribution in [0.2, 0.25) is 0 Å². The second-order valence-electron chi connectivity index (χ2n) is 7.05. The molecule has 0 aliphatic carbocycles. The van der Waals surface area contributed by atoms with E-state index >= 15 is 0 Å². The number of amides is 3. The fourth-order valence-corrected chi connectivity index (χ4v) is 3.98. The van der Waals surface area contributed by atoms with Crippen LogP contribution in [-0.2, 0) is 16.9 Å². The lowest BCUT2D eigenvalue weighted by molar-refractivity contribution is -0.131. The minimum Gasteiger partial charge on any atom is -0.496 e. The zero-order valence-electron chi connectivity index (χ0n) is 17.0. The SMILES string of the molecule is COc1cc(CN2C(=O)N[C@](C)(c3cccc(-n4cnnn4)c3)C2=O)c(OC)cc1Br. The third-order valence-electron chi connectivity index (χ3n) is 5.20. The summed E-state index contributed by atoms with van der Waals surface area (Å²) >= 11 is 3.41. The number of ether oxygens (including phenoxy) is 2. The number of hydrogen-bond acceptors (Lipinski definition) is 7. The Labute approximate surface area is 186 Å². The van der Waals surface area contributed by atoms with Gasteiger partial charge >= 0.3 is 6.03 Å². The third kappa shape index (κ3) is 3.61. The first-order valence-corrected chi connectivity index (χ1v) is 10.0. The third-order valence-corrected chi connectivity index (χ3v) is 5.82. The van der Waals surface area contributed by atoms with E-state index in [9.17, 15) is 9.59 Å². The number of halogens is 1. The Morgan fingerprint density at radius 1 is 1.13 bits per heavy atom. The van der Waals surface area contributed by atoms with Gasteiger partial charge in [0.2, 0.25) is 0 Å². The molecule has 0 saturated carbocycles. The molecule has 11 heteroatoms. The predicted octanol–water partition coefficient (Wildman–Crippen LogP) is 2.41. The van der Waals surface area contributed by atoms with Gasteiger partial charge in [-0.2, -0.15) is 0 Å². The van der Waals surface area contributed by atoms with Crippen LogP contribution in [0.3, 0.4) is 0 Å². The molecule has 1 aliphatic heterocycles. The van der Waals surface area contributed by atoms with Crippen molar-refractivity contribution in [3.8, 4) is 17.2 Å². The van der Waals surface area contributed by atoms with Crippen molar-refractivity contribution < 1.29 is 19.1 Å². The molecule has 160 valence electrons. The second kappa shape index (κ2) is 7.99. The first-order chi connectivity index (χ1) is 14.9. The summed E-state index contributed by atoms with van der Waals surface area (Å²) in [4.78, 5) is 27.3. The quantitative estimate of drug-likeness (QED) is 0.532. The smallest absolute Gasteiger partial charge is 0.325 e. The summed E-state index contributed by atoms with van der Waals surface area (Å²) in [5.41, 5.74) is 0.677. The van der Waals surface area contributed by atoms with E-state index in [4.69, 9.17) is 9.47 Å². The van der Waals surface area contributed by atoms with Gasteiger partial charge in [-0.05, 0) is 63.1 Å². The summed E-state index contributed by atoms with van der Waals surface area (Å²) in [6, 6.07) is 10.1. The standard InChI is InChI=1S/C20H19BrN6O4/c1-20(13-5-4-6-14(8-13)27-11-22-24-25-27)18(28)26(19(29)23-20)10-12-7-17(31-3)15(21)9-16(12)30-2/h4-9,11H,10H2,1-3H3,(H,23,29)/t20-/m1/s1. The molecule has 4 rings (SSSR count). The maximum atomic E-state index is 13.4. The fourth-order valence-electron chi connectivity index (χ4n) is 3.49. The number of imide groups is 1. The molecule has 2 heterocycles. The Hall–Kier alpha value is -3.47. The number of urea groups is 1. The number of carbonyl (C=O) groups is 2. The predicted molar refractivity (Wildman–Crippen MR) is 113 cm³/mol. The Kier molecular flexibility index (Phi) is 5.36. The lowest BCUT2D eigenvalue weighted by Crippen LogP contribution is -2.40. The molecule has 1 N–H and O–H groups in total. The second-order valence-corrected chi connectivity index (χ2v) is 7.90. The highest BCUT2D eigenvalue weighted by molar-refractivity contribution is 9.10. The first-order valence-electron chi connectivity index (χ1n) is 9.26. The van der Waals surface area contributed by atoms with Crippen LogP contribution in [0, 0.1) is 0 Å². The average molecular weight is 487 g/mol. The van der Waals surface area contributed by atoms with Crippen LogP contribution in [0.15, 0.2) is 47.2 Å². The molecule has 0 radical (unpaired) electrons. The maximum Gasteiger partial charge on any atom is 0.325 e. The minimum atomic E-state index is -1.24. The van der Waals surface area contributed by atoms with Gasteiger partial charge in [-0.3, -0.25) is 9.69 Å². The van der Waals surface area contributed by atoms with Crippen LogP contribution in [0.1, 0.15) is 18.1 Å². The molecule has 3 aromatic rings. The average Bonchev–Trinajstić information content (AvgIpc) is 3.38. The van der Waals surface area contributed by atoms with E-state index < -0.39 is 11.6 Å². The van der Waals surface area contributed by atoms with E-state index in [1.54, 1.807) is 50.4 Å². The van der Waals surface area contributed by atoms with Crippen LogP contribution >= 0.6 is 15.9 Å². The Morgan fingerprint density at radius 3 is 2.58 bits per heavy atom. The topological polar surface area (TPSA) is 111 Å². The number of tetrazole rings is 1. The largest absolute Gasteiger partial charge is 0.496 e. The molecule has 1 aliphatic rings. The van der Waals surface area contributed by atoms with E-state index in [-0.39, 0.29) is 12.5 Å². The van der Waals surface area contributed by atoms with E-state index in [1.165, 1.54) is 18.1 Å². The zero-order valence-corrected chi connectivity index (χ0v) is 18.6. The zero-order chi connectivity index (χ0) is 22.2. The number of carbonyl (C=O) groups excluding carboxylic acids is 2. The van der Waals surface area contributed by atoms with Crippen molar-refractivity contribution in [3.05, 3.63) is 58.3 Å². The van der Waals surface area contributed by atoms with Crippen molar-refractivity contribution >= 4 is 27.9 Å². The van der Waals surface area contributed by atoms with Gasteiger partial charge in [0.1, 0.15) is 23.4 Å². The van der Waals surface area contributed by atoms with E-state index in [1.807, 2.05) is 0 Å². The summed E-state index contributed by atoms with van der Waals surface area (Å²) in [6.45, 7) is 1.70. The highest BCUT2D eigenvalue weighted by Crippen LogP contribution is 2.36. The van der Waals surface area contributed by atoms with Crippen LogP contribution in [-0.4, -0.2) is 51.3 Å². The van der Waals surface area contributed by atoms with Crippen molar-refractivity contribution in [1.82, 2.24) is 30.4 Å². The summed E-state index contributed by atoms with van der Waals surface area (Å²) in [6.07, 6.45) is 1.45. The number of benzene rings is 2. The number of nitrogens with zero attached hydrogens (tertiary/aromatic N) is 5. The molecule has 1 fully saturated rings. The van der Waals surface area contributed by atoms with Gasteiger partial charge in [-0.15, -0.1) is 5.10 Å². The summed E-state index contributed by atoms with van der Waals surface area (Å²) < 4.78 is 12.9. The number of methoxy groups -OCH3 is 2. The van der Waals surface area contributed by atoms with E-state index in [0.29, 0.717) is 32.8 Å². The van der Waals surface area contributed by atoms with Gasteiger partial charge in [-0.25, -0.2) is 9.48 Å². The molecule has 1 aromatic heterocycles. The van der Waals surface area contributed by atoms with Gasteiger partial charge in [0.15, 0.2) is 0 Å². The lowest BCUT2D eigenvalue weighted by atomic mass is 9.91. The Bertz CT molecular complexity index is 1150. The minimum absolute atomic E-state index is 0.0275. The molecule has 0 bridgehead atoms. The monoisotopic (exact) mass is 486 g/mol. The molecule has 0 spiro atoms. The van der Waals surface area contributed by atoms with Crippen molar-refractivity contribution in [2.24, 2.45) is 0 Å². The van der Waals surface area contributed by atoms with Crippen molar-refractivity contribution in [2.45, 2.75) is 19.0 Å². The summed E-state index contributed by atoms with van der Waals surface area (Å²) in [5.74, 6) is 0.720. The molecule has 10 nitrogen and oxygen atoms in total. The van der Waals surface area contributed by atoms with Gasteiger partial charge in [-0.1, -0.05) is 12.1 Å². The van der Waals surface area contributed by atoms with E-state index in [0.717, 1.165) is 4.90 Å². The number of nitrogens with one attached hydrogen (secondary N) is 1. The molecule has 3 amide bonds. The van der Waals surface area contributed by atoms with Gasteiger partial charge in [0, 0.05) is 5.56 Å². The lowest BCUT2D eigenvalue weighted by Gasteiger charge is -2.23. The van der Waals surface area contributed by atoms with Crippen molar-refractivity contribution in [1.29, 1.82) is 0 Å². The van der Waals surface area contributed by atoms with E-state index in [2.05, 4.69) is 36.8 Å². The molecular weight excluding hydrogens is 468 g/mol. The Balaban J connectivity index is 1.66. The molecule has 2 aromatic carbocycles. The number of aromatic nitrogens is 4. The number of hydrogen-bond donors (Lipinski definition) is 1. The van der Waals surface area contributed by atoms with Crippen molar-refractivity contribution in [3.63, 3.8) is 0 Å². The van der Waals surface area contributed by atoms with Crippen LogP contribution in [0.5, 0.6) is 11.5 Å². The highest BCUT2D eigenvalue weighted by Gasteiger charge is 2.49. The van der Waals surface area contributed by atoms with Gasteiger partial charge < -0.3 is 14.8 Å². The van der Waals surface area contributed by atoms with Gasteiger partial charge in [0.25, 0.3) is 5.91 Å². The van der Waals surface area contributed by atoms with Crippen LogP contribution in [0.25, 0.3) is 5.69 Å². The van der Waals surface area contributed by atoms with Crippen molar-refractivity contribution in [2.75, 3.05) is 14.2 Å². The van der Waals surface area contributed by atoms with Crippen LogP contribution < -0.4 is 14.8 Å². The van der Waals surface area contributed by atoms with Gasteiger partial charge in [0.05, 0.1) is 30.9 Å². The molecule has 1 atom stereocenters. The molecule has 0 unspecified atom stereocenters.